The molecule has 0 aliphatic carbocycles. The van der Waals surface area contributed by atoms with Gasteiger partial charge in [-0.25, -0.2) is 0 Å². The zero-order chi connectivity index (χ0) is 22.8. The van der Waals surface area contributed by atoms with Crippen LogP contribution in [0.25, 0.3) is 0 Å². The van der Waals surface area contributed by atoms with Crippen molar-refractivity contribution in [2.75, 3.05) is 13.2 Å². The molecule has 31 heavy (non-hydrogen) atoms. The maximum atomic E-state index is 11.7. The van der Waals surface area contributed by atoms with Crippen molar-refractivity contribution < 1.29 is 19.1 Å². The van der Waals surface area contributed by atoms with E-state index in [1.165, 1.54) is 77.0 Å². The molecule has 0 heterocycles. The standard InChI is InChI=1S/C27H52O4/c1-3-5-7-9-11-13-15-18-22-26(28)30-24-20-17-21-25-31-27(29)23-19-16-14-12-10-8-6-4-2/h3-25H2,1-2H3. The van der Waals surface area contributed by atoms with Crippen LogP contribution in [0, 0.1) is 0 Å². The smallest absolute Gasteiger partial charge is 0.305 e. The third kappa shape index (κ3) is 25.1. The molecular formula is C27H52O4. The molecule has 0 N–H and O–H groups in total. The van der Waals surface area contributed by atoms with Crippen LogP contribution in [0.1, 0.15) is 149 Å². The molecular weight excluding hydrogens is 388 g/mol. The van der Waals surface area contributed by atoms with E-state index in [1.54, 1.807) is 0 Å². The molecule has 0 atom stereocenters. The first-order valence-corrected chi connectivity index (χ1v) is 13.5. The molecule has 0 aromatic carbocycles. The number of rotatable bonds is 24. The summed E-state index contributed by atoms with van der Waals surface area (Å²) in [5.74, 6) is -0.134. The zero-order valence-electron chi connectivity index (χ0n) is 20.9. The van der Waals surface area contributed by atoms with Gasteiger partial charge in [-0.3, -0.25) is 9.59 Å². The van der Waals surface area contributed by atoms with E-state index in [0.717, 1.165) is 44.9 Å². The van der Waals surface area contributed by atoms with Crippen LogP contribution < -0.4 is 0 Å². The molecule has 0 saturated heterocycles. The molecule has 0 rings (SSSR count). The van der Waals surface area contributed by atoms with Crippen molar-refractivity contribution in [3.05, 3.63) is 0 Å². The first kappa shape index (κ1) is 29.9. The van der Waals surface area contributed by atoms with Crippen molar-refractivity contribution >= 4 is 11.9 Å². The van der Waals surface area contributed by atoms with Crippen molar-refractivity contribution in [3.63, 3.8) is 0 Å². The first-order valence-electron chi connectivity index (χ1n) is 13.5. The highest BCUT2D eigenvalue weighted by Crippen LogP contribution is 2.11. The number of carbonyl (C=O) groups excluding carboxylic acids is 2. The van der Waals surface area contributed by atoms with Crippen LogP contribution in [0.2, 0.25) is 0 Å². The zero-order valence-corrected chi connectivity index (χ0v) is 20.9. The number of hydrogen-bond donors (Lipinski definition) is 0. The highest BCUT2D eigenvalue weighted by molar-refractivity contribution is 5.69. The van der Waals surface area contributed by atoms with E-state index >= 15 is 0 Å². The van der Waals surface area contributed by atoms with Crippen LogP contribution in [0.4, 0.5) is 0 Å². The fourth-order valence-electron chi connectivity index (χ4n) is 3.70. The minimum absolute atomic E-state index is 0.0669. The van der Waals surface area contributed by atoms with Gasteiger partial charge in [-0.05, 0) is 32.1 Å². The lowest BCUT2D eigenvalue weighted by atomic mass is 10.1. The molecule has 0 spiro atoms. The van der Waals surface area contributed by atoms with E-state index in [4.69, 9.17) is 9.47 Å². The molecule has 0 radical (unpaired) electrons. The Morgan fingerprint density at radius 3 is 1.06 bits per heavy atom. The van der Waals surface area contributed by atoms with Gasteiger partial charge < -0.3 is 9.47 Å². The summed E-state index contributed by atoms with van der Waals surface area (Å²) in [6.07, 6.45) is 23.5. The Labute approximate surface area is 193 Å². The van der Waals surface area contributed by atoms with Gasteiger partial charge in [0.2, 0.25) is 0 Å². The number of hydrogen-bond acceptors (Lipinski definition) is 4. The molecule has 0 amide bonds. The van der Waals surface area contributed by atoms with Gasteiger partial charge in [0.1, 0.15) is 0 Å². The number of unbranched alkanes of at least 4 members (excludes halogenated alkanes) is 16. The molecule has 0 bridgehead atoms. The second-order valence-corrected chi connectivity index (χ2v) is 8.95. The van der Waals surface area contributed by atoms with Crippen LogP contribution in [-0.4, -0.2) is 25.2 Å². The fraction of sp³-hybridized carbons (Fsp3) is 0.926. The van der Waals surface area contributed by atoms with Gasteiger partial charge >= 0.3 is 11.9 Å². The molecule has 4 heteroatoms. The quantitative estimate of drug-likeness (QED) is 0.112. The summed E-state index contributed by atoms with van der Waals surface area (Å²) in [6, 6.07) is 0. The molecule has 0 aliphatic heterocycles. The van der Waals surface area contributed by atoms with Gasteiger partial charge in [0.15, 0.2) is 0 Å². The second-order valence-electron chi connectivity index (χ2n) is 8.95. The third-order valence-electron chi connectivity index (χ3n) is 5.78. The topological polar surface area (TPSA) is 52.6 Å². The second kappa shape index (κ2) is 25.2. The van der Waals surface area contributed by atoms with Gasteiger partial charge in [0.05, 0.1) is 13.2 Å². The largest absolute Gasteiger partial charge is 0.466 e. The molecule has 0 fully saturated rings. The number of carbonyl (C=O) groups is 2. The minimum atomic E-state index is -0.0669. The van der Waals surface area contributed by atoms with Gasteiger partial charge in [-0.15, -0.1) is 0 Å². The van der Waals surface area contributed by atoms with E-state index < -0.39 is 0 Å². The van der Waals surface area contributed by atoms with Crippen LogP contribution in [0.15, 0.2) is 0 Å². The SMILES string of the molecule is CCCCCCCCCCC(=O)OCCCCCOC(=O)CCCCCCCCCC. The Morgan fingerprint density at radius 2 is 0.710 bits per heavy atom. The van der Waals surface area contributed by atoms with Gasteiger partial charge in [-0.1, -0.05) is 104 Å². The lowest BCUT2D eigenvalue weighted by Crippen LogP contribution is -2.07. The summed E-state index contributed by atoms with van der Waals surface area (Å²) in [7, 11) is 0. The summed E-state index contributed by atoms with van der Waals surface area (Å²) in [5, 5.41) is 0. The number of ether oxygens (including phenoxy) is 2. The average Bonchev–Trinajstić information content (AvgIpc) is 2.76. The third-order valence-corrected chi connectivity index (χ3v) is 5.78. The van der Waals surface area contributed by atoms with Crippen molar-refractivity contribution in [2.24, 2.45) is 0 Å². The Morgan fingerprint density at radius 1 is 0.419 bits per heavy atom. The Balaban J connectivity index is 3.26. The highest BCUT2D eigenvalue weighted by atomic mass is 16.5. The van der Waals surface area contributed by atoms with Crippen LogP contribution in [0.5, 0.6) is 0 Å². The number of esters is 2. The minimum Gasteiger partial charge on any atom is -0.466 e. The summed E-state index contributed by atoms with van der Waals surface area (Å²) in [5.41, 5.74) is 0. The molecule has 184 valence electrons. The normalized spacial score (nSPS) is 10.9. The highest BCUT2D eigenvalue weighted by Gasteiger charge is 2.04. The summed E-state index contributed by atoms with van der Waals surface area (Å²) < 4.78 is 10.6. The van der Waals surface area contributed by atoms with E-state index in [0.29, 0.717) is 26.1 Å². The fourth-order valence-corrected chi connectivity index (χ4v) is 3.70. The van der Waals surface area contributed by atoms with E-state index in [1.807, 2.05) is 0 Å². The van der Waals surface area contributed by atoms with Crippen molar-refractivity contribution in [3.8, 4) is 0 Å². The van der Waals surface area contributed by atoms with Gasteiger partial charge in [0, 0.05) is 12.8 Å². The maximum Gasteiger partial charge on any atom is 0.305 e. The van der Waals surface area contributed by atoms with Crippen LogP contribution in [0.3, 0.4) is 0 Å². The Bertz CT molecular complexity index is 359. The van der Waals surface area contributed by atoms with Crippen molar-refractivity contribution in [1.29, 1.82) is 0 Å². The summed E-state index contributed by atoms with van der Waals surface area (Å²) in [6.45, 7) is 5.45. The van der Waals surface area contributed by atoms with Crippen molar-refractivity contribution in [1.82, 2.24) is 0 Å². The molecule has 0 aromatic rings. The predicted molar refractivity (Wildman–Crippen MR) is 130 cm³/mol. The lowest BCUT2D eigenvalue weighted by Gasteiger charge is -2.06. The van der Waals surface area contributed by atoms with E-state index in [9.17, 15) is 9.59 Å². The average molecular weight is 441 g/mol. The van der Waals surface area contributed by atoms with Crippen LogP contribution in [-0.2, 0) is 19.1 Å². The molecule has 0 unspecified atom stereocenters. The van der Waals surface area contributed by atoms with Crippen LogP contribution >= 0.6 is 0 Å². The molecule has 0 saturated carbocycles. The molecule has 4 nitrogen and oxygen atoms in total. The maximum absolute atomic E-state index is 11.7. The predicted octanol–water partition coefficient (Wildman–Crippen LogP) is 8.30. The van der Waals surface area contributed by atoms with E-state index in [-0.39, 0.29) is 11.9 Å². The van der Waals surface area contributed by atoms with Gasteiger partial charge in [0.25, 0.3) is 0 Å². The first-order chi connectivity index (χ1) is 15.2. The molecule has 0 aromatic heterocycles. The lowest BCUT2D eigenvalue weighted by molar-refractivity contribution is -0.144. The summed E-state index contributed by atoms with van der Waals surface area (Å²) >= 11 is 0. The van der Waals surface area contributed by atoms with E-state index in [2.05, 4.69) is 13.8 Å². The monoisotopic (exact) mass is 440 g/mol. The summed E-state index contributed by atoms with van der Waals surface area (Å²) in [4.78, 5) is 23.4. The Hall–Kier alpha value is -1.06. The molecule has 0 aliphatic rings. The van der Waals surface area contributed by atoms with Gasteiger partial charge in [-0.2, -0.15) is 0 Å². The van der Waals surface area contributed by atoms with Crippen molar-refractivity contribution in [2.45, 2.75) is 149 Å². The Kier molecular flexibility index (Phi) is 24.3.